The molecule has 0 radical (unpaired) electrons. The SMILES string of the molecule is C=CCCCCCCCC.CCCCCCC(C)=O. The molecule has 0 unspecified atom stereocenters. The maximum absolute atomic E-state index is 10.4. The smallest absolute Gasteiger partial charge is 0.129 e. The molecule has 0 atom stereocenters. The Morgan fingerprint density at radius 2 is 1.32 bits per heavy atom. The number of Topliss-reactive ketones (excluding diaryl/α,β-unsaturated/α-hetero) is 1. The maximum atomic E-state index is 10.4. The molecule has 0 aromatic rings. The zero-order chi connectivity index (χ0) is 14.8. The number of carbonyl (C=O) groups excluding carboxylic acids is 1. The number of carbonyl (C=O) groups is 1. The van der Waals surface area contributed by atoms with Crippen LogP contribution < -0.4 is 0 Å². The summed E-state index contributed by atoms with van der Waals surface area (Å²) in [5.41, 5.74) is 0. The van der Waals surface area contributed by atoms with Gasteiger partial charge in [0.1, 0.15) is 5.78 Å². The Balaban J connectivity index is 0. The lowest BCUT2D eigenvalue weighted by atomic mass is 10.1. The van der Waals surface area contributed by atoms with Crippen LogP contribution in [-0.4, -0.2) is 5.78 Å². The Bertz CT molecular complexity index is 184. The fourth-order valence-electron chi connectivity index (χ4n) is 1.87. The van der Waals surface area contributed by atoms with E-state index in [4.69, 9.17) is 0 Å². The normalized spacial score (nSPS) is 9.63. The molecule has 0 aliphatic rings. The Labute approximate surface area is 121 Å². The predicted octanol–water partition coefficient (Wildman–Crippen LogP) is 6.47. The summed E-state index contributed by atoms with van der Waals surface area (Å²) < 4.78 is 0. The van der Waals surface area contributed by atoms with Gasteiger partial charge in [0.25, 0.3) is 0 Å². The Hall–Kier alpha value is -0.590. The summed E-state index contributed by atoms with van der Waals surface area (Å²) in [5.74, 6) is 0.325. The molecular weight excluding hydrogens is 232 g/mol. The van der Waals surface area contributed by atoms with Crippen molar-refractivity contribution in [3.8, 4) is 0 Å². The molecule has 0 fully saturated rings. The average Bonchev–Trinajstić information content (AvgIpc) is 2.39. The summed E-state index contributed by atoms with van der Waals surface area (Å²) in [4.78, 5) is 10.4. The van der Waals surface area contributed by atoms with Gasteiger partial charge in [-0.15, -0.1) is 6.58 Å². The molecule has 0 spiro atoms. The standard InChI is InChI=1S/C10H20.C8H16O/c1-3-5-7-9-10-8-6-4-2;1-3-4-5-6-7-8(2)9/h3H,1,4-10H2,2H3;3-7H2,1-2H3. The third kappa shape index (κ3) is 26.8. The van der Waals surface area contributed by atoms with Crippen LogP contribution in [-0.2, 0) is 4.79 Å². The highest BCUT2D eigenvalue weighted by Gasteiger charge is 1.91. The molecule has 0 rings (SSSR count). The van der Waals surface area contributed by atoms with Crippen molar-refractivity contribution < 1.29 is 4.79 Å². The highest BCUT2D eigenvalue weighted by Crippen LogP contribution is 2.06. The first-order chi connectivity index (χ1) is 9.18. The quantitative estimate of drug-likeness (QED) is 0.293. The van der Waals surface area contributed by atoms with Gasteiger partial charge in [-0.2, -0.15) is 0 Å². The summed E-state index contributed by atoms with van der Waals surface area (Å²) in [6, 6.07) is 0. The van der Waals surface area contributed by atoms with Crippen LogP contribution in [0.3, 0.4) is 0 Å². The van der Waals surface area contributed by atoms with E-state index in [1.165, 1.54) is 64.2 Å². The van der Waals surface area contributed by atoms with E-state index in [9.17, 15) is 4.79 Å². The second kappa shape index (κ2) is 19.7. The van der Waals surface area contributed by atoms with Gasteiger partial charge in [-0.1, -0.05) is 71.3 Å². The van der Waals surface area contributed by atoms with Crippen molar-refractivity contribution in [2.75, 3.05) is 0 Å². The molecule has 0 aliphatic heterocycles. The lowest BCUT2D eigenvalue weighted by Gasteiger charge is -1.96. The Morgan fingerprint density at radius 3 is 1.79 bits per heavy atom. The van der Waals surface area contributed by atoms with E-state index < -0.39 is 0 Å². The van der Waals surface area contributed by atoms with Gasteiger partial charge < -0.3 is 4.79 Å². The third-order valence-electron chi connectivity index (χ3n) is 3.14. The van der Waals surface area contributed by atoms with Crippen LogP contribution >= 0.6 is 0 Å². The van der Waals surface area contributed by atoms with Gasteiger partial charge >= 0.3 is 0 Å². The van der Waals surface area contributed by atoms with E-state index in [2.05, 4.69) is 20.4 Å². The second-order valence-electron chi connectivity index (χ2n) is 5.36. The van der Waals surface area contributed by atoms with Crippen molar-refractivity contribution in [2.24, 2.45) is 0 Å². The van der Waals surface area contributed by atoms with E-state index in [1.807, 2.05) is 6.08 Å². The number of ketones is 1. The van der Waals surface area contributed by atoms with Crippen molar-refractivity contribution in [1.82, 2.24) is 0 Å². The van der Waals surface area contributed by atoms with Gasteiger partial charge in [-0.3, -0.25) is 0 Å². The van der Waals surface area contributed by atoms with Crippen molar-refractivity contribution >= 4 is 5.78 Å². The summed E-state index contributed by atoms with van der Waals surface area (Å²) in [7, 11) is 0. The van der Waals surface area contributed by atoms with E-state index in [1.54, 1.807) is 6.92 Å². The molecule has 0 aliphatic carbocycles. The monoisotopic (exact) mass is 268 g/mol. The van der Waals surface area contributed by atoms with Gasteiger partial charge in [0.2, 0.25) is 0 Å². The third-order valence-corrected chi connectivity index (χ3v) is 3.14. The Morgan fingerprint density at radius 1 is 0.842 bits per heavy atom. The summed E-state index contributed by atoms with van der Waals surface area (Å²) in [5, 5.41) is 0. The van der Waals surface area contributed by atoms with Gasteiger partial charge in [0, 0.05) is 6.42 Å². The first-order valence-corrected chi connectivity index (χ1v) is 8.29. The van der Waals surface area contributed by atoms with E-state index >= 15 is 0 Å². The fraction of sp³-hybridized carbons (Fsp3) is 0.833. The number of allylic oxidation sites excluding steroid dienone is 1. The van der Waals surface area contributed by atoms with Gasteiger partial charge in [-0.05, 0) is 26.2 Å². The van der Waals surface area contributed by atoms with E-state index in [0.717, 1.165) is 12.8 Å². The lowest BCUT2D eigenvalue weighted by Crippen LogP contribution is -1.88. The highest BCUT2D eigenvalue weighted by molar-refractivity contribution is 5.75. The number of rotatable bonds is 12. The number of hydrogen-bond acceptors (Lipinski definition) is 1. The van der Waals surface area contributed by atoms with Crippen LogP contribution in [0.2, 0.25) is 0 Å². The molecule has 0 bridgehead atoms. The molecular formula is C18H36O. The maximum Gasteiger partial charge on any atom is 0.129 e. The number of hydrogen-bond donors (Lipinski definition) is 0. The fourth-order valence-corrected chi connectivity index (χ4v) is 1.87. The van der Waals surface area contributed by atoms with Crippen LogP contribution in [0.5, 0.6) is 0 Å². The highest BCUT2D eigenvalue weighted by atomic mass is 16.1. The molecule has 0 saturated carbocycles. The van der Waals surface area contributed by atoms with Gasteiger partial charge in [0.15, 0.2) is 0 Å². The molecule has 0 heterocycles. The topological polar surface area (TPSA) is 17.1 Å². The van der Waals surface area contributed by atoms with Gasteiger partial charge in [0.05, 0.1) is 0 Å². The lowest BCUT2D eigenvalue weighted by molar-refractivity contribution is -0.117. The molecule has 0 saturated heterocycles. The predicted molar refractivity (Wildman–Crippen MR) is 87.6 cm³/mol. The molecule has 0 aromatic carbocycles. The molecule has 19 heavy (non-hydrogen) atoms. The van der Waals surface area contributed by atoms with Gasteiger partial charge in [-0.25, -0.2) is 0 Å². The van der Waals surface area contributed by atoms with Crippen LogP contribution in [0.1, 0.15) is 97.8 Å². The summed E-state index contributed by atoms with van der Waals surface area (Å²) >= 11 is 0. The average molecular weight is 268 g/mol. The van der Waals surface area contributed by atoms with E-state index in [0.29, 0.717) is 5.78 Å². The van der Waals surface area contributed by atoms with Crippen molar-refractivity contribution in [3.63, 3.8) is 0 Å². The first-order valence-electron chi connectivity index (χ1n) is 8.29. The number of unbranched alkanes of at least 4 members (excludes halogenated alkanes) is 9. The molecule has 1 heteroatoms. The van der Waals surface area contributed by atoms with Crippen LogP contribution in [0.15, 0.2) is 12.7 Å². The molecule has 1 nitrogen and oxygen atoms in total. The zero-order valence-corrected chi connectivity index (χ0v) is 13.7. The van der Waals surface area contributed by atoms with Crippen LogP contribution in [0.25, 0.3) is 0 Å². The minimum Gasteiger partial charge on any atom is -0.300 e. The minimum atomic E-state index is 0.325. The second-order valence-corrected chi connectivity index (χ2v) is 5.36. The van der Waals surface area contributed by atoms with Crippen molar-refractivity contribution in [1.29, 1.82) is 0 Å². The van der Waals surface area contributed by atoms with Crippen molar-refractivity contribution in [3.05, 3.63) is 12.7 Å². The molecule has 0 N–H and O–H groups in total. The Kier molecular flexibility index (Phi) is 21.5. The van der Waals surface area contributed by atoms with Crippen LogP contribution in [0.4, 0.5) is 0 Å². The zero-order valence-electron chi connectivity index (χ0n) is 13.7. The van der Waals surface area contributed by atoms with E-state index in [-0.39, 0.29) is 0 Å². The molecule has 0 amide bonds. The van der Waals surface area contributed by atoms with Crippen LogP contribution in [0, 0.1) is 0 Å². The molecule has 0 aromatic heterocycles. The summed E-state index contributed by atoms with van der Waals surface area (Å²) in [6.07, 6.45) is 17.2. The minimum absolute atomic E-state index is 0.325. The van der Waals surface area contributed by atoms with Crippen molar-refractivity contribution in [2.45, 2.75) is 97.8 Å². The first kappa shape index (κ1) is 20.7. The summed E-state index contributed by atoms with van der Waals surface area (Å²) in [6.45, 7) is 9.78. The molecule has 114 valence electrons. The largest absolute Gasteiger partial charge is 0.300 e.